The highest BCUT2D eigenvalue weighted by Gasteiger charge is 2.10. The molecule has 0 saturated carbocycles. The van der Waals surface area contributed by atoms with Gasteiger partial charge >= 0.3 is 0 Å². The molecule has 1 unspecified atom stereocenters. The summed E-state index contributed by atoms with van der Waals surface area (Å²) in [5, 5.41) is 13.2. The van der Waals surface area contributed by atoms with Crippen LogP contribution in [0.1, 0.15) is 32.4 Å². The maximum Gasteiger partial charge on any atom is 0.122 e. The fourth-order valence-electron chi connectivity index (χ4n) is 1.85. The van der Waals surface area contributed by atoms with Gasteiger partial charge in [0.2, 0.25) is 0 Å². The molecule has 0 bridgehead atoms. The number of ether oxygens (including phenoxy) is 1. The van der Waals surface area contributed by atoms with Gasteiger partial charge in [-0.25, -0.2) is 0 Å². The fourth-order valence-corrected chi connectivity index (χ4v) is 1.85. The summed E-state index contributed by atoms with van der Waals surface area (Å²) in [7, 11) is 3.88. The Hall–Kier alpha value is -1.26. The number of nitrogens with zero attached hydrogens (tertiary/aromatic N) is 1. The number of phenols is 1. The first-order valence-electron chi connectivity index (χ1n) is 6.78. The standard InChI is InChI=1S/C15H26N2O2/c1-11(2)19-9-8-17(5)13-6-7-14(12(3)16-4)15(18)10-13/h6-7,10-12,16,18H,8-9H2,1-5H3. The number of benzene rings is 1. The minimum Gasteiger partial charge on any atom is -0.508 e. The first-order valence-corrected chi connectivity index (χ1v) is 6.78. The molecule has 0 radical (unpaired) electrons. The second kappa shape index (κ2) is 7.36. The van der Waals surface area contributed by atoms with Crippen LogP contribution in [0.5, 0.6) is 5.75 Å². The predicted octanol–water partition coefficient (Wildman–Crippen LogP) is 2.53. The zero-order valence-corrected chi connectivity index (χ0v) is 12.6. The molecule has 0 amide bonds. The summed E-state index contributed by atoms with van der Waals surface area (Å²) in [6.45, 7) is 7.57. The van der Waals surface area contributed by atoms with Crippen LogP contribution in [0.4, 0.5) is 5.69 Å². The van der Waals surface area contributed by atoms with Crippen molar-refractivity contribution >= 4 is 5.69 Å². The van der Waals surface area contributed by atoms with E-state index in [-0.39, 0.29) is 12.1 Å². The quantitative estimate of drug-likeness (QED) is 0.796. The number of likely N-dealkylation sites (N-methyl/N-ethyl adjacent to an activating group) is 1. The molecule has 0 aliphatic carbocycles. The third kappa shape index (κ3) is 4.73. The Morgan fingerprint density at radius 1 is 1.32 bits per heavy atom. The Bertz CT molecular complexity index is 394. The molecule has 1 atom stereocenters. The Balaban J connectivity index is 2.66. The van der Waals surface area contributed by atoms with Gasteiger partial charge in [-0.2, -0.15) is 0 Å². The highest BCUT2D eigenvalue weighted by atomic mass is 16.5. The Labute approximate surface area is 116 Å². The van der Waals surface area contributed by atoms with E-state index < -0.39 is 0 Å². The van der Waals surface area contributed by atoms with Crippen LogP contribution in [-0.4, -0.2) is 38.5 Å². The smallest absolute Gasteiger partial charge is 0.122 e. The minimum absolute atomic E-state index is 0.142. The highest BCUT2D eigenvalue weighted by molar-refractivity contribution is 5.53. The van der Waals surface area contributed by atoms with Crippen LogP contribution in [0.25, 0.3) is 0 Å². The molecule has 108 valence electrons. The van der Waals surface area contributed by atoms with Crippen molar-refractivity contribution in [2.24, 2.45) is 0 Å². The number of hydrogen-bond acceptors (Lipinski definition) is 4. The van der Waals surface area contributed by atoms with Crippen molar-refractivity contribution in [1.29, 1.82) is 0 Å². The SMILES string of the molecule is CNC(C)c1ccc(N(C)CCOC(C)C)cc1O. The topological polar surface area (TPSA) is 44.7 Å². The number of phenolic OH excluding ortho intramolecular Hbond substituents is 1. The molecule has 1 aromatic carbocycles. The van der Waals surface area contributed by atoms with Crippen molar-refractivity contribution in [2.45, 2.75) is 32.9 Å². The van der Waals surface area contributed by atoms with E-state index in [9.17, 15) is 5.11 Å². The van der Waals surface area contributed by atoms with E-state index >= 15 is 0 Å². The van der Waals surface area contributed by atoms with Crippen LogP contribution in [0, 0.1) is 0 Å². The van der Waals surface area contributed by atoms with Crippen LogP contribution in [0.15, 0.2) is 18.2 Å². The van der Waals surface area contributed by atoms with Crippen molar-refractivity contribution in [2.75, 3.05) is 32.1 Å². The van der Waals surface area contributed by atoms with Crippen LogP contribution in [0.2, 0.25) is 0 Å². The van der Waals surface area contributed by atoms with Crippen LogP contribution in [-0.2, 0) is 4.74 Å². The predicted molar refractivity (Wildman–Crippen MR) is 79.9 cm³/mol. The molecule has 4 heteroatoms. The lowest BCUT2D eigenvalue weighted by molar-refractivity contribution is 0.0846. The van der Waals surface area contributed by atoms with Gasteiger partial charge in [0.15, 0.2) is 0 Å². The van der Waals surface area contributed by atoms with Crippen molar-refractivity contribution in [3.63, 3.8) is 0 Å². The summed E-state index contributed by atoms with van der Waals surface area (Å²) in [5.74, 6) is 0.330. The molecular formula is C15H26N2O2. The summed E-state index contributed by atoms with van der Waals surface area (Å²) in [6.07, 6.45) is 0.251. The fraction of sp³-hybridized carbons (Fsp3) is 0.600. The molecule has 1 aromatic rings. The average Bonchev–Trinajstić information content (AvgIpc) is 2.37. The third-order valence-corrected chi connectivity index (χ3v) is 3.23. The number of rotatable bonds is 7. The molecule has 0 aromatic heterocycles. The van der Waals surface area contributed by atoms with Crippen molar-refractivity contribution in [1.82, 2.24) is 5.32 Å². The Kier molecular flexibility index (Phi) is 6.12. The van der Waals surface area contributed by atoms with Crippen LogP contribution < -0.4 is 10.2 Å². The average molecular weight is 266 g/mol. The van der Waals surface area contributed by atoms with Crippen LogP contribution >= 0.6 is 0 Å². The Morgan fingerprint density at radius 2 is 2.00 bits per heavy atom. The molecule has 0 fully saturated rings. The van der Waals surface area contributed by atoms with Crippen molar-refractivity contribution < 1.29 is 9.84 Å². The van der Waals surface area contributed by atoms with E-state index in [1.165, 1.54) is 0 Å². The lowest BCUT2D eigenvalue weighted by Gasteiger charge is -2.21. The Morgan fingerprint density at radius 3 is 2.53 bits per heavy atom. The van der Waals surface area contributed by atoms with Gasteiger partial charge in [-0.05, 0) is 33.9 Å². The van der Waals surface area contributed by atoms with Crippen LogP contribution in [0.3, 0.4) is 0 Å². The second-order valence-electron chi connectivity index (χ2n) is 5.09. The normalized spacial score (nSPS) is 12.7. The van der Waals surface area contributed by atoms with E-state index in [0.29, 0.717) is 12.4 Å². The summed E-state index contributed by atoms with van der Waals surface area (Å²) in [4.78, 5) is 2.08. The largest absolute Gasteiger partial charge is 0.508 e. The molecule has 4 nitrogen and oxygen atoms in total. The first-order chi connectivity index (χ1) is 8.95. The lowest BCUT2D eigenvalue weighted by Crippen LogP contribution is -2.24. The first kappa shape index (κ1) is 15.8. The monoisotopic (exact) mass is 266 g/mol. The zero-order chi connectivity index (χ0) is 14.4. The number of nitrogens with one attached hydrogen (secondary N) is 1. The summed E-state index contributed by atoms with van der Waals surface area (Å²) >= 11 is 0. The molecule has 0 aliphatic heterocycles. The van der Waals surface area contributed by atoms with Crippen molar-refractivity contribution in [3.8, 4) is 5.75 Å². The highest BCUT2D eigenvalue weighted by Crippen LogP contribution is 2.28. The van der Waals surface area contributed by atoms with Gasteiger partial charge in [0.05, 0.1) is 12.7 Å². The number of aromatic hydroxyl groups is 1. The number of anilines is 1. The maximum absolute atomic E-state index is 10.1. The van der Waals surface area contributed by atoms with E-state index in [1.807, 2.05) is 47.0 Å². The summed E-state index contributed by atoms with van der Waals surface area (Å²) < 4.78 is 5.53. The molecule has 0 saturated heterocycles. The second-order valence-corrected chi connectivity index (χ2v) is 5.09. The van der Waals surface area contributed by atoms with Gasteiger partial charge in [-0.1, -0.05) is 6.07 Å². The van der Waals surface area contributed by atoms with Gasteiger partial charge in [0.1, 0.15) is 5.75 Å². The van der Waals surface area contributed by atoms with Crippen molar-refractivity contribution in [3.05, 3.63) is 23.8 Å². The van der Waals surface area contributed by atoms with E-state index in [0.717, 1.165) is 17.8 Å². The lowest BCUT2D eigenvalue weighted by atomic mass is 10.1. The molecule has 2 N–H and O–H groups in total. The zero-order valence-electron chi connectivity index (χ0n) is 12.6. The van der Waals surface area contributed by atoms with Gasteiger partial charge in [0.25, 0.3) is 0 Å². The van der Waals surface area contributed by atoms with E-state index in [1.54, 1.807) is 6.07 Å². The molecule has 19 heavy (non-hydrogen) atoms. The van der Waals surface area contributed by atoms with Gasteiger partial charge < -0.3 is 20.1 Å². The molecule has 0 heterocycles. The minimum atomic E-state index is 0.142. The van der Waals surface area contributed by atoms with E-state index in [2.05, 4.69) is 10.2 Å². The molecule has 1 rings (SSSR count). The molecule has 0 aliphatic rings. The van der Waals surface area contributed by atoms with Gasteiger partial charge in [-0.3, -0.25) is 0 Å². The number of hydrogen-bond donors (Lipinski definition) is 2. The summed E-state index contributed by atoms with van der Waals surface area (Å²) in [6, 6.07) is 5.94. The maximum atomic E-state index is 10.1. The van der Waals surface area contributed by atoms with Gasteiger partial charge in [0, 0.05) is 37.0 Å². The summed E-state index contributed by atoms with van der Waals surface area (Å²) in [5.41, 5.74) is 1.91. The molecular weight excluding hydrogens is 240 g/mol. The van der Waals surface area contributed by atoms with E-state index in [4.69, 9.17) is 4.74 Å². The molecule has 0 spiro atoms. The van der Waals surface area contributed by atoms with Gasteiger partial charge in [-0.15, -0.1) is 0 Å². The third-order valence-electron chi connectivity index (χ3n) is 3.23.